The molecular formula is C9H12N2O6P2. The van der Waals surface area contributed by atoms with E-state index in [0.29, 0.717) is 0 Å². The van der Waals surface area contributed by atoms with E-state index in [9.17, 15) is 14.4 Å². The van der Waals surface area contributed by atoms with Crippen molar-refractivity contribution in [3.05, 3.63) is 33.1 Å². The second-order valence-electron chi connectivity index (χ2n) is 3.84. The van der Waals surface area contributed by atoms with Crippen LogP contribution in [0.4, 0.5) is 0 Å². The summed E-state index contributed by atoms with van der Waals surface area (Å²) in [7, 11) is 4.03. The maximum Gasteiger partial charge on any atom is 0.330 e. The zero-order valence-electron chi connectivity index (χ0n) is 9.65. The molecule has 1 N–H and O–H groups in total. The van der Waals surface area contributed by atoms with Gasteiger partial charge in [-0.15, -0.1) is 0 Å². The number of H-pyrrole nitrogens is 1. The molecule has 5 atom stereocenters. The zero-order valence-corrected chi connectivity index (χ0v) is 12.0. The van der Waals surface area contributed by atoms with Crippen molar-refractivity contribution in [3.63, 3.8) is 0 Å². The van der Waals surface area contributed by atoms with Gasteiger partial charge in [-0.3, -0.25) is 19.1 Å². The number of hydrogen-bond donors (Lipinski definition) is 1. The Morgan fingerprint density at radius 1 is 1.37 bits per heavy atom. The summed E-state index contributed by atoms with van der Waals surface area (Å²) >= 11 is 0. The van der Waals surface area contributed by atoms with Crippen molar-refractivity contribution in [2.24, 2.45) is 0 Å². The van der Waals surface area contributed by atoms with Crippen molar-refractivity contribution in [2.45, 2.75) is 18.4 Å². The number of aromatic nitrogens is 2. The zero-order chi connectivity index (χ0) is 14.0. The highest BCUT2D eigenvalue weighted by atomic mass is 31.0. The minimum atomic E-state index is -1.14. The normalized spacial score (nSPS) is 26.8. The van der Waals surface area contributed by atoms with Crippen LogP contribution in [0.3, 0.4) is 0 Å². The molecule has 1 aromatic rings. The average Bonchev–Trinajstić information content (AvgIpc) is 2.66. The van der Waals surface area contributed by atoms with Gasteiger partial charge >= 0.3 is 5.69 Å². The summed E-state index contributed by atoms with van der Waals surface area (Å²) in [5.41, 5.74) is -1.27. The van der Waals surface area contributed by atoms with Crippen LogP contribution in [0.25, 0.3) is 0 Å². The highest BCUT2D eigenvalue weighted by Crippen LogP contribution is 2.28. The lowest BCUT2D eigenvalue weighted by Crippen LogP contribution is -2.35. The molecule has 0 aromatic carbocycles. The SMILES string of the molecule is O=C1[C@H](n2ccc(=O)[nH]c2=O)O[C@H](COP)[C@H]1OP. The van der Waals surface area contributed by atoms with Gasteiger partial charge in [0, 0.05) is 31.2 Å². The fourth-order valence-corrected chi connectivity index (χ4v) is 2.32. The molecule has 2 rings (SSSR count). The van der Waals surface area contributed by atoms with E-state index in [1.165, 1.54) is 6.20 Å². The fraction of sp³-hybridized carbons (Fsp3) is 0.444. The Kier molecular flexibility index (Phi) is 4.60. The number of nitrogens with one attached hydrogen (secondary N) is 1. The minimum Gasteiger partial charge on any atom is -0.363 e. The van der Waals surface area contributed by atoms with Crippen molar-refractivity contribution in [2.75, 3.05) is 6.61 Å². The number of ether oxygens (including phenoxy) is 1. The van der Waals surface area contributed by atoms with Crippen molar-refractivity contribution in [3.8, 4) is 0 Å². The summed E-state index contributed by atoms with van der Waals surface area (Å²) in [6.07, 6.45) is -1.42. The Hall–Kier alpha value is -0.910. The standard InChI is InChI=1S/C9H12N2O6P2/c12-5-1-2-11(9(14)10-5)8-6(13)7(17-19)4(16-8)3-15-18/h1-2,4,7-8H,3,18-19H2,(H,10,12,14)/t4-,7-,8-/m1/s1. The molecule has 0 aliphatic carbocycles. The maximum atomic E-state index is 12.1. The summed E-state index contributed by atoms with van der Waals surface area (Å²) < 4.78 is 16.3. The van der Waals surface area contributed by atoms with Crippen LogP contribution in [0.15, 0.2) is 21.9 Å². The average molecular weight is 306 g/mol. The molecule has 0 radical (unpaired) electrons. The van der Waals surface area contributed by atoms with E-state index >= 15 is 0 Å². The largest absolute Gasteiger partial charge is 0.363 e. The predicted octanol–water partition coefficient (Wildman–Crippen LogP) is -1.01. The summed E-state index contributed by atoms with van der Waals surface area (Å²) in [5.74, 6) is -0.420. The monoisotopic (exact) mass is 306 g/mol. The van der Waals surface area contributed by atoms with Crippen molar-refractivity contribution in [1.29, 1.82) is 0 Å². The van der Waals surface area contributed by atoms with E-state index in [0.717, 1.165) is 10.6 Å². The summed E-state index contributed by atoms with van der Waals surface area (Å²) in [6.45, 7) is 0.115. The third-order valence-corrected chi connectivity index (χ3v) is 3.16. The molecule has 0 bridgehead atoms. The van der Waals surface area contributed by atoms with Gasteiger partial charge in [-0.25, -0.2) is 4.79 Å². The third-order valence-electron chi connectivity index (χ3n) is 2.68. The lowest BCUT2D eigenvalue weighted by molar-refractivity contribution is -0.129. The minimum absolute atomic E-state index is 0.115. The lowest BCUT2D eigenvalue weighted by atomic mass is 10.1. The van der Waals surface area contributed by atoms with Gasteiger partial charge in [0.15, 0.2) is 6.10 Å². The summed E-state index contributed by atoms with van der Waals surface area (Å²) in [4.78, 5) is 36.7. The predicted molar refractivity (Wildman–Crippen MR) is 70.5 cm³/mol. The molecular weight excluding hydrogens is 294 g/mol. The van der Waals surface area contributed by atoms with Gasteiger partial charge in [0.2, 0.25) is 12.0 Å². The molecule has 0 amide bonds. The lowest BCUT2D eigenvalue weighted by Gasteiger charge is -2.14. The summed E-state index contributed by atoms with van der Waals surface area (Å²) in [6, 6.07) is 1.13. The first-order valence-electron chi connectivity index (χ1n) is 5.26. The Balaban J connectivity index is 2.33. The molecule has 104 valence electrons. The van der Waals surface area contributed by atoms with E-state index in [1.807, 2.05) is 18.9 Å². The number of aromatic amines is 1. The Morgan fingerprint density at radius 2 is 2.11 bits per heavy atom. The fourth-order valence-electron chi connectivity index (χ4n) is 1.82. The van der Waals surface area contributed by atoms with Crippen molar-refractivity contribution >= 4 is 24.7 Å². The van der Waals surface area contributed by atoms with E-state index < -0.39 is 35.5 Å². The topological polar surface area (TPSA) is 99.6 Å². The van der Waals surface area contributed by atoms with Crippen LogP contribution in [0, 0.1) is 0 Å². The second-order valence-corrected chi connectivity index (χ2v) is 4.44. The molecule has 2 heterocycles. The number of ketones is 1. The Labute approximate surface area is 112 Å². The molecule has 1 aliphatic heterocycles. The number of rotatable bonds is 4. The number of Topliss-reactive ketones (excluding diaryl/α,β-unsaturated/α-hetero) is 1. The quantitative estimate of drug-likeness (QED) is 0.715. The van der Waals surface area contributed by atoms with Crippen molar-refractivity contribution < 1.29 is 18.6 Å². The van der Waals surface area contributed by atoms with Crippen LogP contribution in [0.1, 0.15) is 6.23 Å². The molecule has 0 saturated carbocycles. The molecule has 1 fully saturated rings. The van der Waals surface area contributed by atoms with Crippen LogP contribution in [0.2, 0.25) is 0 Å². The van der Waals surface area contributed by atoms with Gasteiger partial charge in [0.25, 0.3) is 5.56 Å². The Morgan fingerprint density at radius 3 is 2.68 bits per heavy atom. The van der Waals surface area contributed by atoms with Crippen LogP contribution in [0.5, 0.6) is 0 Å². The van der Waals surface area contributed by atoms with Crippen LogP contribution in [-0.4, -0.2) is 34.1 Å². The van der Waals surface area contributed by atoms with Gasteiger partial charge in [0.05, 0.1) is 6.61 Å². The molecule has 19 heavy (non-hydrogen) atoms. The molecule has 0 spiro atoms. The van der Waals surface area contributed by atoms with Crippen LogP contribution < -0.4 is 11.2 Å². The highest BCUT2D eigenvalue weighted by Gasteiger charge is 2.45. The third kappa shape index (κ3) is 2.83. The number of carbonyl (C=O) groups excluding carboxylic acids is 1. The van der Waals surface area contributed by atoms with E-state index in [1.54, 1.807) is 0 Å². The number of hydrogen-bond acceptors (Lipinski definition) is 6. The first-order valence-corrected chi connectivity index (χ1v) is 6.20. The van der Waals surface area contributed by atoms with Gasteiger partial charge in [-0.2, -0.15) is 0 Å². The van der Waals surface area contributed by atoms with Crippen molar-refractivity contribution in [1.82, 2.24) is 9.55 Å². The summed E-state index contributed by atoms with van der Waals surface area (Å²) in [5, 5.41) is 0. The number of carbonyl (C=O) groups is 1. The van der Waals surface area contributed by atoms with Gasteiger partial charge < -0.3 is 13.8 Å². The van der Waals surface area contributed by atoms with Gasteiger partial charge in [-0.1, -0.05) is 0 Å². The molecule has 1 aliphatic rings. The van der Waals surface area contributed by atoms with E-state index in [-0.39, 0.29) is 6.61 Å². The first kappa shape index (κ1) is 14.5. The first-order chi connectivity index (χ1) is 9.08. The van der Waals surface area contributed by atoms with Crippen LogP contribution in [-0.2, 0) is 18.6 Å². The van der Waals surface area contributed by atoms with Gasteiger partial charge in [-0.05, 0) is 0 Å². The van der Waals surface area contributed by atoms with E-state index in [2.05, 4.69) is 4.98 Å². The maximum absolute atomic E-state index is 12.1. The molecule has 2 unspecified atom stereocenters. The Bertz CT molecular complexity index is 585. The van der Waals surface area contributed by atoms with E-state index in [4.69, 9.17) is 13.8 Å². The van der Waals surface area contributed by atoms with Gasteiger partial charge in [0.1, 0.15) is 6.10 Å². The smallest absolute Gasteiger partial charge is 0.330 e. The second kappa shape index (κ2) is 6.03. The molecule has 8 nitrogen and oxygen atoms in total. The molecule has 1 saturated heterocycles. The highest BCUT2D eigenvalue weighted by molar-refractivity contribution is 7.10. The number of nitrogens with zero attached hydrogens (tertiary/aromatic N) is 1. The van der Waals surface area contributed by atoms with Crippen LogP contribution >= 0.6 is 18.9 Å². The molecule has 10 heteroatoms. The molecule has 1 aromatic heterocycles.